The molecule has 4 rings (SSSR count). The van der Waals surface area contributed by atoms with Gasteiger partial charge < -0.3 is 25.5 Å². The summed E-state index contributed by atoms with van der Waals surface area (Å²) in [5.41, 5.74) is 12.8. The van der Waals surface area contributed by atoms with Crippen molar-refractivity contribution >= 4 is 40.0 Å². The normalized spacial score (nSPS) is 16.3. The molecular formula is C22H22ClF3N6O3. The van der Waals surface area contributed by atoms with Crippen molar-refractivity contribution in [1.29, 1.82) is 0 Å². The molecule has 6 N–H and O–H groups in total. The molecule has 0 bridgehead atoms. The summed E-state index contributed by atoms with van der Waals surface area (Å²) in [5, 5.41) is 9.98. The van der Waals surface area contributed by atoms with Gasteiger partial charge in [0, 0.05) is 23.3 Å². The molecule has 2 unspecified atom stereocenters. The number of nitrogens with one attached hydrogen (secondary N) is 1. The van der Waals surface area contributed by atoms with Gasteiger partial charge in [-0.2, -0.15) is 13.2 Å². The van der Waals surface area contributed by atoms with Crippen LogP contribution in [0.2, 0.25) is 5.02 Å². The van der Waals surface area contributed by atoms with Crippen molar-refractivity contribution in [2.45, 2.75) is 25.4 Å². The molecular weight excluding hydrogens is 489 g/mol. The highest BCUT2D eigenvalue weighted by atomic mass is 35.5. The van der Waals surface area contributed by atoms with Crippen molar-refractivity contribution < 1.29 is 27.8 Å². The molecule has 1 aliphatic rings. The van der Waals surface area contributed by atoms with Gasteiger partial charge in [-0.1, -0.05) is 29.8 Å². The van der Waals surface area contributed by atoms with E-state index in [2.05, 4.69) is 19.7 Å². The molecule has 0 saturated carbocycles. The van der Waals surface area contributed by atoms with Crippen LogP contribution in [-0.4, -0.2) is 50.7 Å². The van der Waals surface area contributed by atoms with E-state index < -0.39 is 31.1 Å². The first-order valence-corrected chi connectivity index (χ1v) is 10.5. The lowest BCUT2D eigenvalue weighted by Gasteiger charge is -2.33. The summed E-state index contributed by atoms with van der Waals surface area (Å²) in [6.45, 7) is 0.232. The number of para-hydroxylation sites is 1. The number of carboxylic acids is 1. The number of hydrogen-bond donors (Lipinski definition) is 4. The van der Waals surface area contributed by atoms with Crippen LogP contribution >= 0.6 is 11.6 Å². The van der Waals surface area contributed by atoms with Crippen molar-refractivity contribution in [2.75, 3.05) is 12.3 Å². The molecule has 0 fully saturated rings. The number of nitrogens with two attached hydrogens (primary N) is 2. The second-order valence-electron chi connectivity index (χ2n) is 7.44. The number of carbonyl (C=O) groups is 1. The van der Waals surface area contributed by atoms with Crippen LogP contribution in [0.25, 0.3) is 10.9 Å². The van der Waals surface area contributed by atoms with E-state index in [-0.39, 0.29) is 16.6 Å². The Morgan fingerprint density at radius 2 is 2.06 bits per heavy atom. The molecule has 2 atom stereocenters. The zero-order chi connectivity index (χ0) is 25.8. The Morgan fingerprint density at radius 1 is 1.34 bits per heavy atom. The van der Waals surface area contributed by atoms with Crippen LogP contribution in [0.5, 0.6) is 5.88 Å². The first kappa shape index (κ1) is 25.8. The van der Waals surface area contributed by atoms with Gasteiger partial charge in [0.1, 0.15) is 16.6 Å². The molecule has 0 spiro atoms. The van der Waals surface area contributed by atoms with Crippen LogP contribution in [0.3, 0.4) is 0 Å². The third kappa shape index (κ3) is 6.87. The van der Waals surface area contributed by atoms with E-state index >= 15 is 0 Å². The molecule has 1 aliphatic heterocycles. The number of hydrogen-bond acceptors (Lipinski definition) is 7. The van der Waals surface area contributed by atoms with E-state index in [1.54, 1.807) is 11.8 Å². The molecule has 0 radical (unpaired) electrons. The predicted molar refractivity (Wildman–Crippen MR) is 126 cm³/mol. The molecule has 0 aliphatic carbocycles. The van der Waals surface area contributed by atoms with Gasteiger partial charge in [0.05, 0.1) is 6.04 Å². The lowest BCUT2D eigenvalue weighted by Crippen LogP contribution is -2.42. The van der Waals surface area contributed by atoms with Crippen molar-refractivity contribution in [3.63, 3.8) is 0 Å². The number of nitrogens with zero attached hydrogens (tertiary/aromatic N) is 3. The van der Waals surface area contributed by atoms with Crippen LogP contribution < -0.4 is 16.2 Å². The monoisotopic (exact) mass is 510 g/mol. The van der Waals surface area contributed by atoms with Crippen molar-refractivity contribution in [3.8, 4) is 5.88 Å². The summed E-state index contributed by atoms with van der Waals surface area (Å²) in [4.78, 5) is 23.1. The lowest BCUT2D eigenvalue weighted by atomic mass is 10.1. The van der Waals surface area contributed by atoms with Crippen molar-refractivity contribution in [1.82, 2.24) is 14.9 Å². The standard InChI is InChI=1S/C14H14ClF3N4O3.C8H8N2/c1-7(22-3-2-10(12(23)24)21-13(22)19)8-4-9(15)11(20-5-8)25-6-14(16,17)18;9-8-5-6-3-1-2-4-7(6)10-8/h2-5,7,13H,6,19H2,1H3,(H,23,24);1-5,10H,9H2. The fourth-order valence-electron chi connectivity index (χ4n) is 3.17. The zero-order valence-electron chi connectivity index (χ0n) is 18.3. The molecule has 9 nitrogen and oxygen atoms in total. The van der Waals surface area contributed by atoms with Gasteiger partial charge in [0.15, 0.2) is 12.9 Å². The number of halogens is 4. The summed E-state index contributed by atoms with van der Waals surface area (Å²) in [5.74, 6) is -0.810. The number of aliphatic carboxylic acids is 1. The Balaban J connectivity index is 0.000000281. The second-order valence-corrected chi connectivity index (χ2v) is 7.85. The van der Waals surface area contributed by atoms with E-state index in [1.165, 1.54) is 29.9 Å². The second kappa shape index (κ2) is 10.7. The maximum atomic E-state index is 12.2. The highest BCUT2D eigenvalue weighted by molar-refractivity contribution is 6.40. The number of alkyl halides is 3. The third-order valence-electron chi connectivity index (χ3n) is 4.88. The van der Waals surface area contributed by atoms with Crippen LogP contribution in [0.1, 0.15) is 18.5 Å². The number of aliphatic imine (C=N–C) groups is 1. The molecule has 35 heavy (non-hydrogen) atoms. The number of fused-ring (bicyclic) bond motifs is 1. The number of pyridine rings is 1. The number of rotatable bonds is 5. The van der Waals surface area contributed by atoms with Crippen LogP contribution in [-0.2, 0) is 4.79 Å². The van der Waals surface area contributed by atoms with Crippen molar-refractivity contribution in [2.24, 2.45) is 10.7 Å². The first-order valence-electron chi connectivity index (χ1n) is 10.1. The lowest BCUT2D eigenvalue weighted by molar-refractivity contribution is -0.154. The summed E-state index contributed by atoms with van der Waals surface area (Å²) in [7, 11) is 0. The molecule has 3 heterocycles. The van der Waals surface area contributed by atoms with Crippen LogP contribution in [0, 0.1) is 0 Å². The molecule has 13 heteroatoms. The number of ether oxygens (including phenoxy) is 1. The molecule has 0 amide bonds. The Labute approximate surface area is 202 Å². The zero-order valence-corrected chi connectivity index (χ0v) is 19.1. The fraction of sp³-hybridized carbons (Fsp3) is 0.227. The fourth-order valence-corrected chi connectivity index (χ4v) is 3.40. The predicted octanol–water partition coefficient (Wildman–Crippen LogP) is 4.08. The third-order valence-corrected chi connectivity index (χ3v) is 5.15. The van der Waals surface area contributed by atoms with Gasteiger partial charge in [-0.15, -0.1) is 0 Å². The SMILES string of the molecule is CC(c1cnc(OCC(F)(F)F)c(Cl)c1)N1C=CC(C(=O)O)=NC1N.Nc1cc2ccccc2[nH]1. The van der Waals surface area contributed by atoms with Crippen LogP contribution in [0.4, 0.5) is 19.0 Å². The number of aromatic nitrogens is 2. The summed E-state index contributed by atoms with van der Waals surface area (Å²) in [6, 6.07) is 10.9. The van der Waals surface area contributed by atoms with Crippen LogP contribution in [0.15, 0.2) is 59.9 Å². The average Bonchev–Trinajstić information content (AvgIpc) is 3.17. The number of nitrogen functional groups attached to an aromatic ring is 1. The van der Waals surface area contributed by atoms with E-state index in [0.717, 1.165) is 11.3 Å². The molecule has 0 saturated heterocycles. The van der Waals surface area contributed by atoms with Gasteiger partial charge in [0.2, 0.25) is 5.88 Å². The smallest absolute Gasteiger partial charge is 0.422 e. The van der Waals surface area contributed by atoms with Crippen molar-refractivity contribution in [3.05, 3.63) is 65.5 Å². The topological polar surface area (TPSA) is 143 Å². The van der Waals surface area contributed by atoms with E-state index in [9.17, 15) is 18.0 Å². The van der Waals surface area contributed by atoms with E-state index in [1.807, 2.05) is 30.3 Å². The quantitative estimate of drug-likeness (QED) is 0.405. The highest BCUT2D eigenvalue weighted by Crippen LogP contribution is 2.30. The van der Waals surface area contributed by atoms with Gasteiger partial charge in [-0.25, -0.2) is 14.8 Å². The van der Waals surface area contributed by atoms with Gasteiger partial charge in [-0.05, 0) is 36.8 Å². The summed E-state index contributed by atoms with van der Waals surface area (Å²) >= 11 is 5.91. The van der Waals surface area contributed by atoms with Gasteiger partial charge >= 0.3 is 12.1 Å². The maximum absolute atomic E-state index is 12.2. The number of benzene rings is 1. The number of aromatic amines is 1. The highest BCUT2D eigenvalue weighted by Gasteiger charge is 2.29. The van der Waals surface area contributed by atoms with Gasteiger partial charge in [0.25, 0.3) is 0 Å². The summed E-state index contributed by atoms with van der Waals surface area (Å²) in [6.07, 6.45) is -1.38. The minimum atomic E-state index is -4.50. The molecule has 186 valence electrons. The minimum Gasteiger partial charge on any atom is -0.477 e. The maximum Gasteiger partial charge on any atom is 0.422 e. The Bertz CT molecular complexity index is 1230. The summed E-state index contributed by atoms with van der Waals surface area (Å²) < 4.78 is 41.1. The number of H-pyrrole nitrogens is 1. The molecule has 2 aromatic heterocycles. The molecule has 1 aromatic carbocycles. The Morgan fingerprint density at radius 3 is 2.66 bits per heavy atom. The van der Waals surface area contributed by atoms with E-state index in [0.29, 0.717) is 5.56 Å². The number of carboxylic acid groups (broad SMARTS) is 1. The van der Waals surface area contributed by atoms with E-state index in [4.69, 9.17) is 28.2 Å². The average molecular weight is 511 g/mol. The van der Waals surface area contributed by atoms with Gasteiger partial charge in [-0.3, -0.25) is 5.73 Å². The number of anilines is 1. The first-order chi connectivity index (χ1) is 16.4. The Hall–Kier alpha value is -3.77. The molecule has 3 aromatic rings. The minimum absolute atomic E-state index is 0.0853. The Kier molecular flexibility index (Phi) is 7.87. The largest absolute Gasteiger partial charge is 0.477 e.